The summed E-state index contributed by atoms with van der Waals surface area (Å²) in [5.41, 5.74) is 1.37. The van der Waals surface area contributed by atoms with E-state index in [1.165, 1.54) is 6.07 Å². The summed E-state index contributed by atoms with van der Waals surface area (Å²) >= 11 is 14.4. The fraction of sp³-hybridized carbons (Fsp3) is 0.133. The van der Waals surface area contributed by atoms with Crippen molar-refractivity contribution in [3.05, 3.63) is 128 Å². The number of benzene rings is 4. The largest absolute Gasteiger partial charge is 0.506 e. The highest BCUT2D eigenvalue weighted by Crippen LogP contribution is 2.35. The number of phenolic OH excluding ortho intramolecular Hbond substituents is 1. The number of halogens is 9. The van der Waals surface area contributed by atoms with Gasteiger partial charge in [-0.05, 0) is 71.8 Å². The van der Waals surface area contributed by atoms with Crippen molar-refractivity contribution < 1.29 is 36.2 Å². The van der Waals surface area contributed by atoms with E-state index in [2.05, 4.69) is 22.0 Å². The van der Waals surface area contributed by atoms with Gasteiger partial charge in [0.15, 0.2) is 0 Å². The number of hydrogen-bond donors (Lipinski definition) is 1. The maximum absolute atomic E-state index is 12.5. The second-order valence-electron chi connectivity index (χ2n) is 8.35. The first-order chi connectivity index (χ1) is 20.2. The van der Waals surface area contributed by atoms with Gasteiger partial charge >= 0.3 is 12.4 Å². The van der Waals surface area contributed by atoms with Gasteiger partial charge in [-0.25, -0.2) is 0 Å². The second kappa shape index (κ2) is 16.1. The van der Waals surface area contributed by atoms with Gasteiger partial charge in [-0.1, -0.05) is 63.4 Å². The first-order valence-electron chi connectivity index (χ1n) is 11.8. The molecule has 0 spiro atoms. The van der Waals surface area contributed by atoms with Crippen molar-refractivity contribution in [2.24, 2.45) is 0 Å². The number of nitrogens with zero attached hydrogens (tertiary/aromatic N) is 2. The predicted octanol–water partition coefficient (Wildman–Crippen LogP) is 10.3. The molecule has 4 aromatic carbocycles. The number of hydrogen-bond acceptors (Lipinski definition) is 4. The lowest BCUT2D eigenvalue weighted by molar-refractivity contribution is -0.138. The summed E-state index contributed by atoms with van der Waals surface area (Å²) in [6, 6.07) is 23.6. The Morgan fingerprint density at radius 2 is 1.19 bits per heavy atom. The standard InChI is InChI=1S/C15H9ClF3NO.C8H6BrN.C7H4ClF3O/c16-13-7-12(15(17,18)19)4-5-14(13)21-9-11-3-1-2-10(6-11)8-20;9-5-7-2-1-3-8(4-7)6-10;8-5-3-4(7(9,10)11)1-2-6(5)12/h1-7H,9H2;1-4H,5H2;1-3,12H. The molecule has 0 unspecified atom stereocenters. The van der Waals surface area contributed by atoms with Crippen LogP contribution in [-0.4, -0.2) is 5.11 Å². The number of rotatable bonds is 4. The van der Waals surface area contributed by atoms with Crippen molar-refractivity contribution >= 4 is 39.1 Å². The zero-order chi connectivity index (χ0) is 32.2. The number of phenols is 1. The molecule has 4 aromatic rings. The molecule has 0 aliphatic rings. The SMILES string of the molecule is N#Cc1cccc(CBr)c1.N#Cc1cccc(COc2ccc(C(F)(F)F)cc2Cl)c1.Oc1ccc(C(F)(F)F)cc1Cl. The normalized spacial score (nSPS) is 10.7. The summed E-state index contributed by atoms with van der Waals surface area (Å²) in [6.45, 7) is 0.112. The number of nitriles is 2. The molecule has 13 heteroatoms. The maximum Gasteiger partial charge on any atom is 0.416 e. The Hall–Kier alpha value is -3.90. The monoisotopic (exact) mass is 702 g/mol. The summed E-state index contributed by atoms with van der Waals surface area (Å²) in [7, 11) is 0. The fourth-order valence-electron chi connectivity index (χ4n) is 3.09. The Balaban J connectivity index is 0.000000248. The Morgan fingerprint density at radius 3 is 1.65 bits per heavy atom. The Morgan fingerprint density at radius 1 is 0.698 bits per heavy atom. The van der Waals surface area contributed by atoms with Crippen LogP contribution in [0.25, 0.3) is 0 Å². The zero-order valence-corrected chi connectivity index (χ0v) is 24.7. The first kappa shape index (κ1) is 35.3. The van der Waals surface area contributed by atoms with Gasteiger partial charge in [-0.2, -0.15) is 36.9 Å². The van der Waals surface area contributed by atoms with E-state index in [-0.39, 0.29) is 28.2 Å². The van der Waals surface area contributed by atoms with Crippen LogP contribution >= 0.6 is 39.1 Å². The molecular weight excluding hydrogens is 685 g/mol. The molecule has 4 rings (SSSR count). The minimum Gasteiger partial charge on any atom is -0.506 e. The molecule has 4 nitrogen and oxygen atoms in total. The number of ether oxygens (including phenoxy) is 1. The Bertz CT molecular complexity index is 1620. The van der Waals surface area contributed by atoms with Crippen molar-refractivity contribution in [1.29, 1.82) is 10.5 Å². The minimum absolute atomic E-state index is 0.110. The van der Waals surface area contributed by atoms with Crippen LogP contribution in [0.15, 0.2) is 84.9 Å². The van der Waals surface area contributed by atoms with Gasteiger partial charge in [0.1, 0.15) is 18.1 Å². The molecule has 0 fully saturated rings. The molecule has 0 aliphatic carbocycles. The van der Waals surface area contributed by atoms with E-state index >= 15 is 0 Å². The lowest BCUT2D eigenvalue weighted by atomic mass is 10.1. The van der Waals surface area contributed by atoms with Crippen LogP contribution in [0.3, 0.4) is 0 Å². The minimum atomic E-state index is -4.44. The topological polar surface area (TPSA) is 77.0 Å². The summed E-state index contributed by atoms with van der Waals surface area (Å²) in [4.78, 5) is 0. The molecule has 0 saturated heterocycles. The van der Waals surface area contributed by atoms with Gasteiger partial charge < -0.3 is 9.84 Å². The van der Waals surface area contributed by atoms with E-state index in [1.807, 2.05) is 24.3 Å². The Labute approximate surface area is 261 Å². The summed E-state index contributed by atoms with van der Waals surface area (Å²) in [5.74, 6) is -0.198. The Kier molecular flexibility index (Phi) is 13.2. The molecule has 0 radical (unpaired) electrons. The maximum atomic E-state index is 12.5. The van der Waals surface area contributed by atoms with Crippen molar-refractivity contribution in [3.8, 4) is 23.6 Å². The fourth-order valence-corrected chi connectivity index (χ4v) is 3.86. The molecule has 224 valence electrons. The highest BCUT2D eigenvalue weighted by molar-refractivity contribution is 9.08. The third-order valence-electron chi connectivity index (χ3n) is 5.20. The predicted molar refractivity (Wildman–Crippen MR) is 154 cm³/mol. The molecule has 43 heavy (non-hydrogen) atoms. The van der Waals surface area contributed by atoms with Crippen molar-refractivity contribution in [3.63, 3.8) is 0 Å². The van der Waals surface area contributed by atoms with Crippen LogP contribution < -0.4 is 4.74 Å². The molecule has 0 atom stereocenters. The van der Waals surface area contributed by atoms with Gasteiger partial charge in [-0.3, -0.25) is 0 Å². The van der Waals surface area contributed by atoms with Crippen LogP contribution in [-0.2, 0) is 24.3 Å². The van der Waals surface area contributed by atoms with E-state index in [0.717, 1.165) is 46.3 Å². The molecule has 0 amide bonds. The second-order valence-corrected chi connectivity index (χ2v) is 9.73. The number of aromatic hydroxyl groups is 1. The summed E-state index contributed by atoms with van der Waals surface area (Å²) in [6.07, 6.45) is -8.86. The molecule has 0 heterocycles. The summed E-state index contributed by atoms with van der Waals surface area (Å²) < 4.78 is 78.8. The quantitative estimate of drug-likeness (QED) is 0.170. The van der Waals surface area contributed by atoms with Crippen molar-refractivity contribution in [2.45, 2.75) is 24.3 Å². The van der Waals surface area contributed by atoms with Crippen LogP contribution in [0.2, 0.25) is 10.0 Å². The summed E-state index contributed by atoms with van der Waals surface area (Å²) in [5, 5.41) is 26.5. The molecule has 1 N–H and O–H groups in total. The van der Waals surface area contributed by atoms with Gasteiger partial charge in [0.05, 0.1) is 44.4 Å². The highest BCUT2D eigenvalue weighted by atomic mass is 79.9. The molecule has 0 aliphatic heterocycles. The number of alkyl halides is 7. The van der Waals surface area contributed by atoms with Crippen molar-refractivity contribution in [2.75, 3.05) is 0 Å². The van der Waals surface area contributed by atoms with Gasteiger partial charge in [0, 0.05) is 5.33 Å². The van der Waals surface area contributed by atoms with E-state index in [0.29, 0.717) is 11.6 Å². The van der Waals surface area contributed by atoms with Crippen LogP contribution in [0.4, 0.5) is 26.3 Å². The van der Waals surface area contributed by atoms with Gasteiger partial charge in [0.25, 0.3) is 0 Å². The average Bonchev–Trinajstić information content (AvgIpc) is 2.97. The van der Waals surface area contributed by atoms with Crippen LogP contribution in [0, 0.1) is 22.7 Å². The van der Waals surface area contributed by atoms with Gasteiger partial charge in [0.2, 0.25) is 0 Å². The lowest BCUT2D eigenvalue weighted by Gasteiger charge is -2.11. The van der Waals surface area contributed by atoms with E-state index in [1.54, 1.807) is 30.3 Å². The van der Waals surface area contributed by atoms with E-state index < -0.39 is 23.5 Å². The first-order valence-corrected chi connectivity index (χ1v) is 13.6. The third-order valence-corrected chi connectivity index (χ3v) is 6.44. The van der Waals surface area contributed by atoms with Crippen LogP contribution in [0.5, 0.6) is 11.5 Å². The smallest absolute Gasteiger partial charge is 0.416 e. The van der Waals surface area contributed by atoms with Gasteiger partial charge in [-0.15, -0.1) is 0 Å². The van der Waals surface area contributed by atoms with E-state index in [9.17, 15) is 26.3 Å². The van der Waals surface area contributed by atoms with E-state index in [4.69, 9.17) is 43.6 Å². The van der Waals surface area contributed by atoms with Crippen molar-refractivity contribution in [1.82, 2.24) is 0 Å². The molecule has 0 aromatic heterocycles. The van der Waals surface area contributed by atoms with Crippen LogP contribution in [0.1, 0.15) is 33.4 Å². The third kappa shape index (κ3) is 11.7. The average molecular weight is 704 g/mol. The molecule has 0 bridgehead atoms. The zero-order valence-electron chi connectivity index (χ0n) is 21.6. The highest BCUT2D eigenvalue weighted by Gasteiger charge is 2.31. The molecular formula is C30H19BrCl2F6N2O2. The lowest BCUT2D eigenvalue weighted by Crippen LogP contribution is -2.05. The molecule has 0 saturated carbocycles.